The maximum absolute atomic E-state index is 13.5. The van der Waals surface area contributed by atoms with Crippen LogP contribution in [-0.2, 0) is 5.54 Å². The molecular formula is C19H15ClF4N2O. The SMILES string of the molecule is C/C=C/C1(c2ccc(F)cc2)c2cc(Cl)ccc2NC(=O)N1CC(F)(F)F. The summed E-state index contributed by atoms with van der Waals surface area (Å²) in [5, 5.41) is 2.77. The first-order valence-electron chi connectivity index (χ1n) is 8.02. The summed E-state index contributed by atoms with van der Waals surface area (Å²) in [5.41, 5.74) is -0.584. The topological polar surface area (TPSA) is 32.3 Å². The number of nitrogens with one attached hydrogen (secondary N) is 1. The predicted molar refractivity (Wildman–Crippen MR) is 95.2 cm³/mol. The molecule has 0 saturated heterocycles. The van der Waals surface area contributed by atoms with Crippen LogP contribution in [-0.4, -0.2) is 23.7 Å². The second-order valence-electron chi connectivity index (χ2n) is 6.09. The highest BCUT2D eigenvalue weighted by molar-refractivity contribution is 6.30. The zero-order valence-electron chi connectivity index (χ0n) is 14.1. The normalized spacial score (nSPS) is 19.9. The van der Waals surface area contributed by atoms with Gasteiger partial charge in [0.2, 0.25) is 0 Å². The van der Waals surface area contributed by atoms with E-state index in [2.05, 4.69) is 5.32 Å². The van der Waals surface area contributed by atoms with Gasteiger partial charge in [0.1, 0.15) is 17.9 Å². The molecule has 0 aliphatic carbocycles. The van der Waals surface area contributed by atoms with Crippen LogP contribution >= 0.6 is 11.6 Å². The fourth-order valence-corrected chi connectivity index (χ4v) is 3.51. The summed E-state index contributed by atoms with van der Waals surface area (Å²) >= 11 is 6.10. The van der Waals surface area contributed by atoms with E-state index < -0.39 is 30.1 Å². The van der Waals surface area contributed by atoms with Gasteiger partial charge in [-0.25, -0.2) is 9.18 Å². The van der Waals surface area contributed by atoms with Crippen molar-refractivity contribution in [3.63, 3.8) is 0 Å². The van der Waals surface area contributed by atoms with Gasteiger partial charge in [-0.1, -0.05) is 35.9 Å². The molecule has 2 amide bonds. The number of hydrogen-bond acceptors (Lipinski definition) is 1. The quantitative estimate of drug-likeness (QED) is 0.521. The summed E-state index contributed by atoms with van der Waals surface area (Å²) in [6.45, 7) is 0.139. The number of benzene rings is 2. The van der Waals surface area contributed by atoms with Crippen molar-refractivity contribution in [2.24, 2.45) is 0 Å². The highest BCUT2D eigenvalue weighted by Gasteiger charge is 2.50. The molecule has 0 spiro atoms. The Labute approximate surface area is 158 Å². The van der Waals surface area contributed by atoms with Crippen LogP contribution in [0, 0.1) is 5.82 Å². The number of halogens is 5. The van der Waals surface area contributed by atoms with E-state index in [1.807, 2.05) is 0 Å². The third-order valence-electron chi connectivity index (χ3n) is 4.33. The minimum absolute atomic E-state index is 0.299. The molecule has 0 fully saturated rings. The zero-order valence-corrected chi connectivity index (χ0v) is 14.9. The summed E-state index contributed by atoms with van der Waals surface area (Å²) in [5.74, 6) is -0.539. The van der Waals surface area contributed by atoms with E-state index in [0.29, 0.717) is 26.7 Å². The number of fused-ring (bicyclic) bond motifs is 1. The van der Waals surface area contributed by atoms with Gasteiger partial charge in [-0.15, -0.1) is 0 Å². The number of urea groups is 1. The van der Waals surface area contributed by atoms with E-state index in [9.17, 15) is 22.4 Å². The molecule has 27 heavy (non-hydrogen) atoms. The molecule has 3 rings (SSSR count). The number of amides is 2. The molecule has 1 heterocycles. The monoisotopic (exact) mass is 398 g/mol. The maximum atomic E-state index is 13.5. The molecule has 1 atom stereocenters. The summed E-state index contributed by atoms with van der Waals surface area (Å²) in [6.07, 6.45) is -1.60. The second-order valence-corrected chi connectivity index (χ2v) is 6.53. The Morgan fingerprint density at radius 3 is 2.44 bits per heavy atom. The number of carbonyl (C=O) groups excluding carboxylic acids is 1. The Kier molecular flexibility index (Phi) is 4.90. The van der Waals surface area contributed by atoms with E-state index >= 15 is 0 Å². The summed E-state index contributed by atoms with van der Waals surface area (Å²) in [4.78, 5) is 13.3. The van der Waals surface area contributed by atoms with Crippen molar-refractivity contribution in [2.45, 2.75) is 18.6 Å². The Bertz CT molecular complexity index is 896. The average Bonchev–Trinajstić information content (AvgIpc) is 2.58. The highest BCUT2D eigenvalue weighted by Crippen LogP contribution is 2.46. The molecule has 2 aromatic rings. The van der Waals surface area contributed by atoms with E-state index in [1.54, 1.807) is 13.0 Å². The lowest BCUT2D eigenvalue weighted by Gasteiger charge is -2.47. The van der Waals surface area contributed by atoms with Gasteiger partial charge in [0.15, 0.2) is 0 Å². The first-order chi connectivity index (χ1) is 12.7. The standard InChI is InChI=1S/C19H15ClF4N2O/c1-2-9-18(12-3-6-14(21)7-4-12)15-10-13(20)5-8-16(15)25-17(27)26(18)11-19(22,23)24/h2-10H,11H2,1H3,(H,25,27)/b9-2+. The first kappa shape index (κ1) is 19.2. The molecule has 3 nitrogen and oxygen atoms in total. The molecule has 0 saturated carbocycles. The Morgan fingerprint density at radius 2 is 1.85 bits per heavy atom. The van der Waals surface area contributed by atoms with Crippen LogP contribution in [0.2, 0.25) is 5.02 Å². The smallest absolute Gasteiger partial charge is 0.307 e. The van der Waals surface area contributed by atoms with Crippen LogP contribution in [0.25, 0.3) is 0 Å². The van der Waals surface area contributed by atoms with E-state index in [4.69, 9.17) is 11.6 Å². The molecular weight excluding hydrogens is 384 g/mol. The van der Waals surface area contributed by atoms with Gasteiger partial charge in [-0.05, 0) is 42.8 Å². The van der Waals surface area contributed by atoms with Crippen LogP contribution in [0.1, 0.15) is 18.1 Å². The summed E-state index contributed by atoms with van der Waals surface area (Å²) < 4.78 is 53.4. The number of allylic oxidation sites excluding steroid dienone is 1. The Hall–Kier alpha value is -2.54. The number of carbonyl (C=O) groups is 1. The van der Waals surface area contributed by atoms with E-state index in [1.165, 1.54) is 36.4 Å². The zero-order chi connectivity index (χ0) is 19.8. The minimum atomic E-state index is -4.64. The number of anilines is 1. The average molecular weight is 399 g/mol. The van der Waals surface area contributed by atoms with Crippen LogP contribution in [0.3, 0.4) is 0 Å². The lowest BCUT2D eigenvalue weighted by molar-refractivity contribution is -0.146. The van der Waals surface area contributed by atoms with Gasteiger partial charge < -0.3 is 5.32 Å². The second kappa shape index (κ2) is 6.88. The fraction of sp³-hybridized carbons (Fsp3) is 0.211. The number of hydrogen-bond donors (Lipinski definition) is 1. The van der Waals surface area contributed by atoms with Crippen molar-refractivity contribution < 1.29 is 22.4 Å². The third-order valence-corrected chi connectivity index (χ3v) is 4.57. The van der Waals surface area contributed by atoms with Crippen molar-refractivity contribution in [2.75, 3.05) is 11.9 Å². The van der Waals surface area contributed by atoms with Gasteiger partial charge in [0.25, 0.3) is 0 Å². The number of nitrogens with zero attached hydrogens (tertiary/aromatic N) is 1. The van der Waals surface area contributed by atoms with Gasteiger partial charge in [-0.2, -0.15) is 13.2 Å². The van der Waals surface area contributed by atoms with Gasteiger partial charge in [-0.3, -0.25) is 4.90 Å². The third kappa shape index (κ3) is 3.51. The first-order valence-corrected chi connectivity index (χ1v) is 8.40. The predicted octanol–water partition coefficient (Wildman–Crippen LogP) is 5.71. The minimum Gasteiger partial charge on any atom is -0.307 e. The Balaban J connectivity index is 2.36. The largest absolute Gasteiger partial charge is 0.406 e. The van der Waals surface area contributed by atoms with E-state index in [-0.39, 0.29) is 0 Å². The molecule has 2 aromatic carbocycles. The molecule has 8 heteroatoms. The van der Waals surface area contributed by atoms with Crippen LogP contribution in [0.4, 0.5) is 28.0 Å². The molecule has 0 bridgehead atoms. The van der Waals surface area contributed by atoms with Crippen molar-refractivity contribution in [3.8, 4) is 0 Å². The number of alkyl halides is 3. The lowest BCUT2D eigenvalue weighted by Crippen LogP contribution is -2.57. The van der Waals surface area contributed by atoms with Crippen LogP contribution in [0.15, 0.2) is 54.6 Å². The Morgan fingerprint density at radius 1 is 1.19 bits per heavy atom. The van der Waals surface area contributed by atoms with Crippen molar-refractivity contribution in [1.82, 2.24) is 4.90 Å². The molecule has 1 unspecified atom stereocenters. The molecule has 1 aliphatic rings. The van der Waals surface area contributed by atoms with Crippen LogP contribution < -0.4 is 5.32 Å². The fourth-order valence-electron chi connectivity index (χ4n) is 3.34. The van der Waals surface area contributed by atoms with Crippen molar-refractivity contribution in [1.29, 1.82) is 0 Å². The molecule has 1 N–H and O–H groups in total. The summed E-state index contributed by atoms with van der Waals surface area (Å²) in [6, 6.07) is 8.66. The van der Waals surface area contributed by atoms with E-state index in [0.717, 1.165) is 12.1 Å². The van der Waals surface area contributed by atoms with Gasteiger partial charge >= 0.3 is 12.2 Å². The molecule has 0 aromatic heterocycles. The van der Waals surface area contributed by atoms with Crippen molar-refractivity contribution in [3.05, 3.63) is 76.6 Å². The van der Waals surface area contributed by atoms with Crippen LogP contribution in [0.5, 0.6) is 0 Å². The maximum Gasteiger partial charge on any atom is 0.406 e. The van der Waals surface area contributed by atoms with Crippen molar-refractivity contribution >= 4 is 23.3 Å². The van der Waals surface area contributed by atoms with Gasteiger partial charge in [0, 0.05) is 16.3 Å². The molecule has 0 radical (unpaired) electrons. The van der Waals surface area contributed by atoms with Gasteiger partial charge in [0.05, 0.1) is 0 Å². The lowest BCUT2D eigenvalue weighted by atomic mass is 9.78. The summed E-state index contributed by atoms with van der Waals surface area (Å²) in [7, 11) is 0. The highest BCUT2D eigenvalue weighted by atomic mass is 35.5. The number of rotatable bonds is 3. The molecule has 1 aliphatic heterocycles. The molecule has 142 valence electrons.